The third-order valence-electron chi connectivity index (χ3n) is 2.78. The molecule has 0 aliphatic heterocycles. The molecular formula is C15H29IMgO2. The molecule has 0 aromatic rings. The average Bonchev–Trinajstić information content (AvgIpc) is 2.39. The second-order valence-electron chi connectivity index (χ2n) is 4.60. The van der Waals surface area contributed by atoms with Gasteiger partial charge in [0.1, 0.15) is 0 Å². The summed E-state index contributed by atoms with van der Waals surface area (Å²) in [6.07, 6.45) is 14.5. The molecule has 0 amide bonds. The first kappa shape index (κ1) is 22.4. The topological polar surface area (TPSA) is 18.5 Å². The molecule has 0 spiro atoms. The van der Waals surface area contributed by atoms with E-state index in [9.17, 15) is 0 Å². The van der Waals surface area contributed by atoms with Crippen molar-refractivity contribution in [2.24, 2.45) is 0 Å². The molecule has 0 saturated heterocycles. The third kappa shape index (κ3) is 21.6. The van der Waals surface area contributed by atoms with E-state index in [0.717, 1.165) is 19.6 Å². The van der Waals surface area contributed by atoms with Gasteiger partial charge in [0.25, 0.3) is 0 Å². The van der Waals surface area contributed by atoms with Crippen LogP contribution in [0.1, 0.15) is 58.3 Å². The van der Waals surface area contributed by atoms with Gasteiger partial charge >= 0.3 is 93.6 Å². The minimum absolute atomic E-state index is 0. The van der Waals surface area contributed by atoms with Crippen LogP contribution in [0.5, 0.6) is 0 Å². The van der Waals surface area contributed by atoms with Gasteiger partial charge in [-0.1, -0.05) is 32.6 Å². The van der Waals surface area contributed by atoms with E-state index < -0.39 is 0 Å². The van der Waals surface area contributed by atoms with Crippen molar-refractivity contribution in [3.63, 3.8) is 0 Å². The SMILES string of the molecule is CCCCCCCCOCOCC/C=C/C[CH2][Mg+].[I-]. The summed E-state index contributed by atoms with van der Waals surface area (Å²) < 4.78 is 12.1. The fourth-order valence-electron chi connectivity index (χ4n) is 1.67. The number of rotatable bonds is 14. The maximum Gasteiger partial charge on any atom is -1.00 e. The molecule has 0 atom stereocenters. The van der Waals surface area contributed by atoms with Gasteiger partial charge in [-0.2, -0.15) is 0 Å². The fourth-order valence-corrected chi connectivity index (χ4v) is 1.90. The normalized spacial score (nSPS) is 10.9. The maximum atomic E-state index is 5.42. The number of hydrogen-bond acceptors (Lipinski definition) is 2. The van der Waals surface area contributed by atoms with Gasteiger partial charge in [-0.25, -0.2) is 0 Å². The van der Waals surface area contributed by atoms with Gasteiger partial charge in [0, 0.05) is 0 Å². The Hall–Kier alpha value is 1.16. The zero-order chi connectivity index (χ0) is 13.3. The quantitative estimate of drug-likeness (QED) is 0.146. The van der Waals surface area contributed by atoms with E-state index in [1.54, 1.807) is 0 Å². The van der Waals surface area contributed by atoms with E-state index in [0.29, 0.717) is 6.79 Å². The number of ether oxygens (including phenoxy) is 2. The minimum Gasteiger partial charge on any atom is -1.00 e. The van der Waals surface area contributed by atoms with E-state index in [-0.39, 0.29) is 24.0 Å². The Balaban J connectivity index is 0. The first-order valence-electron chi connectivity index (χ1n) is 7.51. The van der Waals surface area contributed by atoms with Crippen molar-refractivity contribution in [2.45, 2.75) is 62.8 Å². The fraction of sp³-hybridized carbons (Fsp3) is 0.867. The zero-order valence-electron chi connectivity index (χ0n) is 12.5. The summed E-state index contributed by atoms with van der Waals surface area (Å²) >= 11 is 2.01. The number of halogens is 1. The van der Waals surface area contributed by atoms with Gasteiger partial charge < -0.3 is 24.0 Å². The number of unbranched alkanes of at least 4 members (excludes halogenated alkanes) is 5. The van der Waals surface area contributed by atoms with Crippen LogP contribution in [0.2, 0.25) is 4.55 Å². The number of allylic oxidation sites excluding steroid dienone is 1. The van der Waals surface area contributed by atoms with Crippen molar-refractivity contribution in [2.75, 3.05) is 20.0 Å². The van der Waals surface area contributed by atoms with Crippen LogP contribution < -0.4 is 24.0 Å². The molecule has 4 heteroatoms. The minimum atomic E-state index is 0. The molecule has 110 valence electrons. The molecule has 2 nitrogen and oxygen atoms in total. The molecule has 0 aromatic carbocycles. The molecule has 0 radical (unpaired) electrons. The van der Waals surface area contributed by atoms with E-state index in [1.807, 2.05) is 21.7 Å². The average molecular weight is 393 g/mol. The van der Waals surface area contributed by atoms with Crippen LogP contribution in [0.3, 0.4) is 0 Å². The van der Waals surface area contributed by atoms with Gasteiger partial charge in [0.2, 0.25) is 0 Å². The van der Waals surface area contributed by atoms with Gasteiger partial charge in [-0.3, -0.25) is 0 Å². The standard InChI is InChI=1S/C15H29O2.HI.Mg/c1-3-5-7-9-10-12-14-17-15-16-13-11-8-6-4-2;;/h6,8H,2-5,7,9-15H2,1H3;1H;/q;;+1/p-1/b8-6+;;. The summed E-state index contributed by atoms with van der Waals surface area (Å²) in [5.74, 6) is 0. The molecule has 0 bridgehead atoms. The Bertz CT molecular complexity index is 178. The zero-order valence-corrected chi connectivity index (χ0v) is 16.1. The van der Waals surface area contributed by atoms with E-state index in [4.69, 9.17) is 9.47 Å². The van der Waals surface area contributed by atoms with Crippen molar-refractivity contribution >= 4 is 21.7 Å². The summed E-state index contributed by atoms with van der Waals surface area (Å²) in [5, 5.41) is 0. The Morgan fingerprint density at radius 3 is 2.21 bits per heavy atom. The molecule has 0 fully saturated rings. The summed E-state index contributed by atoms with van der Waals surface area (Å²) in [4.78, 5) is 0. The summed E-state index contributed by atoms with van der Waals surface area (Å²) in [6, 6.07) is 0. The molecule has 0 aliphatic rings. The molecule has 0 unspecified atom stereocenters. The maximum absolute atomic E-state index is 5.42. The monoisotopic (exact) mass is 392 g/mol. The molecule has 0 saturated carbocycles. The van der Waals surface area contributed by atoms with Crippen molar-refractivity contribution in [3.05, 3.63) is 12.2 Å². The molecule has 19 heavy (non-hydrogen) atoms. The van der Waals surface area contributed by atoms with Crippen molar-refractivity contribution in [3.8, 4) is 0 Å². The van der Waals surface area contributed by atoms with Crippen LogP contribution in [0.4, 0.5) is 0 Å². The van der Waals surface area contributed by atoms with Gasteiger partial charge in [0.05, 0.1) is 0 Å². The smallest absolute Gasteiger partial charge is 1.00 e. The summed E-state index contributed by atoms with van der Waals surface area (Å²) in [6.45, 7) is 4.33. The van der Waals surface area contributed by atoms with Crippen LogP contribution in [0.15, 0.2) is 12.2 Å². The van der Waals surface area contributed by atoms with E-state index in [2.05, 4.69) is 19.1 Å². The van der Waals surface area contributed by atoms with E-state index in [1.165, 1.54) is 49.5 Å². The Morgan fingerprint density at radius 1 is 0.842 bits per heavy atom. The van der Waals surface area contributed by atoms with Crippen molar-refractivity contribution < 1.29 is 33.5 Å². The largest absolute Gasteiger partial charge is 1.00 e. The Labute approximate surface area is 149 Å². The molecule has 0 aromatic heterocycles. The molecular weight excluding hydrogens is 363 g/mol. The predicted molar refractivity (Wildman–Crippen MR) is 79.1 cm³/mol. The molecule has 0 rings (SSSR count). The first-order valence-corrected chi connectivity index (χ1v) is 8.51. The number of hydrogen-bond donors (Lipinski definition) is 0. The van der Waals surface area contributed by atoms with Crippen LogP contribution in [-0.2, 0) is 9.47 Å². The van der Waals surface area contributed by atoms with Crippen LogP contribution in [-0.4, -0.2) is 41.7 Å². The van der Waals surface area contributed by atoms with Crippen molar-refractivity contribution in [1.82, 2.24) is 0 Å². The van der Waals surface area contributed by atoms with Gasteiger partial charge in [-0.15, -0.1) is 0 Å². The van der Waals surface area contributed by atoms with Crippen LogP contribution in [0.25, 0.3) is 0 Å². The Morgan fingerprint density at radius 2 is 1.47 bits per heavy atom. The van der Waals surface area contributed by atoms with Gasteiger partial charge in [-0.05, 0) is 0 Å². The predicted octanol–water partition coefficient (Wildman–Crippen LogP) is 1.26. The Kier molecular flexibility index (Phi) is 25.3. The van der Waals surface area contributed by atoms with Gasteiger partial charge in [0.15, 0.2) is 0 Å². The third-order valence-corrected chi connectivity index (χ3v) is 3.18. The molecule has 0 aliphatic carbocycles. The van der Waals surface area contributed by atoms with Crippen LogP contribution in [0, 0.1) is 0 Å². The molecule has 0 N–H and O–H groups in total. The first-order chi connectivity index (χ1) is 8.91. The second kappa shape index (κ2) is 21.5. The molecule has 0 heterocycles. The van der Waals surface area contributed by atoms with Crippen molar-refractivity contribution in [1.29, 1.82) is 0 Å². The second-order valence-corrected chi connectivity index (χ2v) is 5.31. The van der Waals surface area contributed by atoms with Crippen LogP contribution >= 0.6 is 0 Å². The summed E-state index contributed by atoms with van der Waals surface area (Å²) in [5.41, 5.74) is 0. The van der Waals surface area contributed by atoms with E-state index >= 15 is 0 Å². The summed E-state index contributed by atoms with van der Waals surface area (Å²) in [7, 11) is 0.